The standard InChI is InChI=1S/C16H17N5O2S2/c1-16(2,23)12-8-24-15(20-12)21-13(22)10-7-9(3-4-11(10)17)25-14-18-5-6-19-14/h3-8,23H,17H2,1-2H3,(H,18,19)(H,20,21,22). The molecule has 1 aromatic carbocycles. The molecule has 2 heterocycles. The van der Waals surface area contributed by atoms with Crippen LogP contribution in [0.2, 0.25) is 0 Å². The Kier molecular flexibility index (Phi) is 4.80. The van der Waals surface area contributed by atoms with E-state index in [1.54, 1.807) is 43.8 Å². The van der Waals surface area contributed by atoms with E-state index in [4.69, 9.17) is 5.73 Å². The van der Waals surface area contributed by atoms with Gasteiger partial charge in [0.05, 0.1) is 11.3 Å². The number of aliphatic hydroxyl groups is 1. The Labute approximate surface area is 152 Å². The summed E-state index contributed by atoms with van der Waals surface area (Å²) in [6, 6.07) is 5.22. The molecule has 0 saturated heterocycles. The molecule has 0 aliphatic heterocycles. The van der Waals surface area contributed by atoms with Gasteiger partial charge in [0.1, 0.15) is 5.60 Å². The van der Waals surface area contributed by atoms with Crippen molar-refractivity contribution in [3.05, 3.63) is 47.2 Å². The van der Waals surface area contributed by atoms with E-state index in [0.717, 1.165) is 10.1 Å². The Morgan fingerprint density at radius 1 is 1.44 bits per heavy atom. The van der Waals surface area contributed by atoms with E-state index in [1.165, 1.54) is 23.1 Å². The van der Waals surface area contributed by atoms with Gasteiger partial charge in [-0.05, 0) is 32.0 Å². The fourth-order valence-corrected chi connectivity index (χ4v) is 3.63. The van der Waals surface area contributed by atoms with E-state index in [2.05, 4.69) is 20.3 Å². The van der Waals surface area contributed by atoms with Crippen LogP contribution in [0.15, 0.2) is 46.0 Å². The molecule has 130 valence electrons. The summed E-state index contributed by atoms with van der Waals surface area (Å²) in [5.41, 5.74) is 6.12. The van der Waals surface area contributed by atoms with Gasteiger partial charge in [-0.2, -0.15) is 0 Å². The van der Waals surface area contributed by atoms with Gasteiger partial charge in [0.25, 0.3) is 5.91 Å². The van der Waals surface area contributed by atoms with Crippen LogP contribution < -0.4 is 11.1 Å². The van der Waals surface area contributed by atoms with E-state index in [0.29, 0.717) is 22.1 Å². The molecule has 5 N–H and O–H groups in total. The Hall–Kier alpha value is -2.36. The molecule has 0 radical (unpaired) electrons. The van der Waals surface area contributed by atoms with Crippen molar-refractivity contribution in [3.63, 3.8) is 0 Å². The lowest BCUT2D eigenvalue weighted by molar-refractivity contribution is 0.0745. The first-order valence-electron chi connectivity index (χ1n) is 7.39. The number of nitrogens with zero attached hydrogens (tertiary/aromatic N) is 2. The van der Waals surface area contributed by atoms with Gasteiger partial charge in [-0.25, -0.2) is 9.97 Å². The first kappa shape index (κ1) is 17.5. The normalized spacial score (nSPS) is 11.5. The van der Waals surface area contributed by atoms with Crippen LogP contribution in [0, 0.1) is 0 Å². The van der Waals surface area contributed by atoms with Crippen molar-refractivity contribution >= 4 is 39.8 Å². The summed E-state index contributed by atoms with van der Waals surface area (Å²) in [6.45, 7) is 3.28. The molecule has 0 aliphatic carbocycles. The highest BCUT2D eigenvalue weighted by atomic mass is 32.2. The van der Waals surface area contributed by atoms with Crippen molar-refractivity contribution in [3.8, 4) is 0 Å². The van der Waals surface area contributed by atoms with Gasteiger partial charge in [0.15, 0.2) is 10.3 Å². The number of carbonyl (C=O) groups excluding carboxylic acids is 1. The first-order chi connectivity index (χ1) is 11.8. The second-order valence-electron chi connectivity index (χ2n) is 5.80. The number of aromatic amines is 1. The Morgan fingerprint density at radius 2 is 2.24 bits per heavy atom. The number of thiazole rings is 1. The predicted octanol–water partition coefficient (Wildman–Crippen LogP) is 3.08. The molecule has 7 nitrogen and oxygen atoms in total. The molecule has 9 heteroatoms. The van der Waals surface area contributed by atoms with Gasteiger partial charge < -0.3 is 15.8 Å². The minimum atomic E-state index is -1.06. The van der Waals surface area contributed by atoms with E-state index in [-0.39, 0.29) is 5.91 Å². The number of nitrogen functional groups attached to an aromatic ring is 1. The number of carbonyl (C=O) groups is 1. The minimum Gasteiger partial charge on any atom is -0.398 e. The van der Waals surface area contributed by atoms with E-state index >= 15 is 0 Å². The molecule has 25 heavy (non-hydrogen) atoms. The van der Waals surface area contributed by atoms with Crippen molar-refractivity contribution in [1.82, 2.24) is 15.0 Å². The maximum Gasteiger partial charge on any atom is 0.259 e. The number of anilines is 2. The summed E-state index contributed by atoms with van der Waals surface area (Å²) >= 11 is 2.65. The number of imidazole rings is 1. The molecule has 0 aliphatic rings. The largest absolute Gasteiger partial charge is 0.398 e. The lowest BCUT2D eigenvalue weighted by atomic mass is 10.1. The average Bonchev–Trinajstić information content (AvgIpc) is 3.20. The highest BCUT2D eigenvalue weighted by molar-refractivity contribution is 7.99. The minimum absolute atomic E-state index is 0.351. The van der Waals surface area contributed by atoms with Crippen molar-refractivity contribution in [2.75, 3.05) is 11.1 Å². The number of benzene rings is 1. The Morgan fingerprint density at radius 3 is 2.88 bits per heavy atom. The van der Waals surface area contributed by atoms with Crippen molar-refractivity contribution in [2.24, 2.45) is 0 Å². The third-order valence-electron chi connectivity index (χ3n) is 3.31. The summed E-state index contributed by atoms with van der Waals surface area (Å²) in [4.78, 5) is 24.7. The molecule has 0 unspecified atom stereocenters. The maximum absolute atomic E-state index is 12.5. The van der Waals surface area contributed by atoms with Crippen LogP contribution in [0.3, 0.4) is 0 Å². The molecule has 1 amide bonds. The molecular formula is C16H17N5O2S2. The maximum atomic E-state index is 12.5. The topological polar surface area (TPSA) is 117 Å². The van der Waals surface area contributed by atoms with Crippen LogP contribution in [0.25, 0.3) is 0 Å². The molecule has 3 rings (SSSR count). The summed E-state index contributed by atoms with van der Waals surface area (Å²) < 4.78 is 0. The summed E-state index contributed by atoms with van der Waals surface area (Å²) in [6.07, 6.45) is 3.39. The third kappa shape index (κ3) is 4.19. The molecule has 2 aromatic heterocycles. The number of rotatable bonds is 5. The number of hydrogen-bond acceptors (Lipinski definition) is 7. The molecule has 0 fully saturated rings. The van der Waals surface area contributed by atoms with Gasteiger partial charge in [-0.3, -0.25) is 10.1 Å². The highest BCUT2D eigenvalue weighted by Crippen LogP contribution is 2.29. The quantitative estimate of drug-likeness (QED) is 0.509. The van der Waals surface area contributed by atoms with E-state index in [9.17, 15) is 9.90 Å². The van der Waals surface area contributed by atoms with Crippen LogP contribution >= 0.6 is 23.1 Å². The summed E-state index contributed by atoms with van der Waals surface area (Å²) in [7, 11) is 0. The third-order valence-corrected chi connectivity index (χ3v) is 4.97. The SMILES string of the molecule is CC(C)(O)c1csc(NC(=O)c2cc(Sc3ncc[nH]3)ccc2N)n1. The van der Waals surface area contributed by atoms with Crippen LogP contribution in [0.4, 0.5) is 10.8 Å². The molecule has 0 atom stereocenters. The predicted molar refractivity (Wildman–Crippen MR) is 98.9 cm³/mol. The number of amides is 1. The lowest BCUT2D eigenvalue weighted by Gasteiger charge is -2.13. The Bertz CT molecular complexity index is 884. The summed E-state index contributed by atoms with van der Waals surface area (Å²) in [5.74, 6) is -0.351. The van der Waals surface area contributed by atoms with Crippen molar-refractivity contribution in [2.45, 2.75) is 29.5 Å². The lowest BCUT2D eigenvalue weighted by Crippen LogP contribution is -2.17. The monoisotopic (exact) mass is 375 g/mol. The number of aromatic nitrogens is 3. The summed E-state index contributed by atoms with van der Waals surface area (Å²) in [5, 5.41) is 15.5. The average molecular weight is 375 g/mol. The van der Waals surface area contributed by atoms with E-state index in [1.807, 2.05) is 6.07 Å². The molecular weight excluding hydrogens is 358 g/mol. The number of hydrogen-bond donors (Lipinski definition) is 4. The molecule has 0 bridgehead atoms. The smallest absolute Gasteiger partial charge is 0.259 e. The number of nitrogens with one attached hydrogen (secondary N) is 2. The van der Waals surface area contributed by atoms with Crippen LogP contribution in [-0.2, 0) is 5.60 Å². The van der Waals surface area contributed by atoms with Gasteiger partial charge in [0.2, 0.25) is 0 Å². The molecule has 0 spiro atoms. The molecule has 0 saturated carbocycles. The van der Waals surface area contributed by atoms with E-state index < -0.39 is 5.60 Å². The van der Waals surface area contributed by atoms with Gasteiger partial charge >= 0.3 is 0 Å². The molecule has 3 aromatic rings. The van der Waals surface area contributed by atoms with Crippen molar-refractivity contribution < 1.29 is 9.90 Å². The van der Waals surface area contributed by atoms with Crippen LogP contribution in [-0.4, -0.2) is 26.0 Å². The fourth-order valence-electron chi connectivity index (χ4n) is 1.99. The number of H-pyrrole nitrogens is 1. The van der Waals surface area contributed by atoms with Crippen molar-refractivity contribution in [1.29, 1.82) is 0 Å². The van der Waals surface area contributed by atoms with Gasteiger partial charge in [0, 0.05) is 28.4 Å². The second kappa shape index (κ2) is 6.87. The van der Waals surface area contributed by atoms with Crippen LogP contribution in [0.1, 0.15) is 29.9 Å². The van der Waals surface area contributed by atoms with Crippen LogP contribution in [0.5, 0.6) is 0 Å². The van der Waals surface area contributed by atoms with Gasteiger partial charge in [-0.15, -0.1) is 11.3 Å². The zero-order chi connectivity index (χ0) is 18.0. The second-order valence-corrected chi connectivity index (χ2v) is 7.72. The number of nitrogens with two attached hydrogens (primary N) is 1. The Balaban J connectivity index is 1.78. The van der Waals surface area contributed by atoms with Gasteiger partial charge in [-0.1, -0.05) is 11.8 Å². The first-order valence-corrected chi connectivity index (χ1v) is 9.09. The highest BCUT2D eigenvalue weighted by Gasteiger charge is 2.21. The zero-order valence-electron chi connectivity index (χ0n) is 13.6. The fraction of sp³-hybridized carbons (Fsp3) is 0.188. The zero-order valence-corrected chi connectivity index (χ0v) is 15.2.